The zero-order valence-electron chi connectivity index (χ0n) is 11.4. The third-order valence-electron chi connectivity index (χ3n) is 3.22. The first-order chi connectivity index (χ1) is 10.5. The van der Waals surface area contributed by atoms with Crippen LogP contribution in [-0.2, 0) is 0 Å². The summed E-state index contributed by atoms with van der Waals surface area (Å²) in [6.45, 7) is 0. The Balaban J connectivity index is 2.01. The van der Waals surface area contributed by atoms with Gasteiger partial charge in [0.1, 0.15) is 0 Å². The molecule has 1 N–H and O–H groups in total. The van der Waals surface area contributed by atoms with E-state index < -0.39 is 0 Å². The van der Waals surface area contributed by atoms with Crippen molar-refractivity contribution >= 4 is 35.1 Å². The molecule has 0 saturated carbocycles. The number of allylic oxidation sites excluding steroid dienone is 1. The molecule has 0 aromatic heterocycles. The number of carbonyl (C=O) groups excluding carboxylic acids is 1. The van der Waals surface area contributed by atoms with E-state index in [-0.39, 0.29) is 33.6 Å². The van der Waals surface area contributed by atoms with Crippen LogP contribution in [0, 0.1) is 0 Å². The van der Waals surface area contributed by atoms with Gasteiger partial charge in [0.25, 0.3) is 0 Å². The molecule has 0 aliphatic carbocycles. The van der Waals surface area contributed by atoms with Crippen LogP contribution in [0.5, 0.6) is 17.2 Å². The molecule has 22 heavy (non-hydrogen) atoms. The lowest BCUT2D eigenvalue weighted by atomic mass is 10.1. The number of phenols is 1. The van der Waals surface area contributed by atoms with Crippen LogP contribution >= 0.6 is 23.2 Å². The Morgan fingerprint density at radius 3 is 2.55 bits per heavy atom. The molecule has 2 aromatic rings. The van der Waals surface area contributed by atoms with Crippen molar-refractivity contribution in [2.45, 2.75) is 0 Å². The first-order valence-electron chi connectivity index (χ1n) is 6.30. The molecule has 0 bridgehead atoms. The maximum absolute atomic E-state index is 12.4. The van der Waals surface area contributed by atoms with Gasteiger partial charge in [0.15, 0.2) is 23.0 Å². The van der Waals surface area contributed by atoms with Crippen molar-refractivity contribution in [2.24, 2.45) is 0 Å². The molecule has 0 radical (unpaired) electrons. The number of fused-ring (bicyclic) bond motifs is 1. The average molecular weight is 337 g/mol. The summed E-state index contributed by atoms with van der Waals surface area (Å²) in [5.74, 6) is 0.307. The van der Waals surface area contributed by atoms with Crippen molar-refractivity contribution in [3.05, 3.63) is 57.3 Å². The average Bonchev–Trinajstić information content (AvgIpc) is 2.82. The molecule has 4 nitrogen and oxygen atoms in total. The number of carbonyl (C=O) groups is 1. The fraction of sp³-hybridized carbons (Fsp3) is 0.0625. The van der Waals surface area contributed by atoms with E-state index in [4.69, 9.17) is 32.7 Å². The Morgan fingerprint density at radius 2 is 1.91 bits per heavy atom. The van der Waals surface area contributed by atoms with Crippen LogP contribution in [0.3, 0.4) is 0 Å². The Hall–Kier alpha value is -2.17. The molecule has 1 heterocycles. The number of benzene rings is 2. The van der Waals surface area contributed by atoms with Gasteiger partial charge in [-0.25, -0.2) is 0 Å². The molecule has 0 saturated heterocycles. The van der Waals surface area contributed by atoms with Crippen molar-refractivity contribution in [3.8, 4) is 17.2 Å². The molecular formula is C16H10Cl2O4. The van der Waals surface area contributed by atoms with Gasteiger partial charge in [-0.3, -0.25) is 4.79 Å². The van der Waals surface area contributed by atoms with Gasteiger partial charge in [0.05, 0.1) is 22.7 Å². The predicted octanol–water partition coefficient (Wildman–Crippen LogP) is 4.32. The molecule has 0 spiro atoms. The third kappa shape index (κ3) is 2.40. The van der Waals surface area contributed by atoms with Crippen LogP contribution in [0.4, 0.5) is 0 Å². The van der Waals surface area contributed by atoms with E-state index in [1.165, 1.54) is 19.3 Å². The number of aromatic hydroxyl groups is 1. The highest BCUT2D eigenvalue weighted by molar-refractivity contribution is 6.39. The second-order valence-corrected chi connectivity index (χ2v) is 5.42. The number of phenolic OH excluding ortho intramolecular Hbond substituents is 1. The lowest BCUT2D eigenvalue weighted by Crippen LogP contribution is -1.98. The van der Waals surface area contributed by atoms with Crippen molar-refractivity contribution in [3.63, 3.8) is 0 Å². The molecule has 0 atom stereocenters. The number of ether oxygens (including phenoxy) is 2. The fourth-order valence-electron chi connectivity index (χ4n) is 2.17. The molecular weight excluding hydrogens is 327 g/mol. The number of methoxy groups -OCH3 is 1. The standard InChI is InChI=1S/C16H10Cl2O4/c1-21-12-5-2-8(6-11(12)19)7-13-15(20)14-9(17)3-4-10(18)16(14)22-13/h2-7,19H,1H3. The molecule has 112 valence electrons. The minimum absolute atomic E-state index is 0.0316. The van der Waals surface area contributed by atoms with Crippen molar-refractivity contribution in [2.75, 3.05) is 7.11 Å². The van der Waals surface area contributed by atoms with E-state index in [0.29, 0.717) is 16.3 Å². The number of ketones is 1. The van der Waals surface area contributed by atoms with Gasteiger partial charge in [-0.05, 0) is 35.9 Å². The summed E-state index contributed by atoms with van der Waals surface area (Å²) in [5, 5.41) is 10.4. The van der Waals surface area contributed by atoms with Crippen molar-refractivity contribution < 1.29 is 19.4 Å². The van der Waals surface area contributed by atoms with Gasteiger partial charge in [0, 0.05) is 0 Å². The molecule has 3 rings (SSSR count). The summed E-state index contributed by atoms with van der Waals surface area (Å²) >= 11 is 12.0. The Kier molecular flexibility index (Phi) is 3.72. The largest absolute Gasteiger partial charge is 0.504 e. The molecule has 2 aromatic carbocycles. The van der Waals surface area contributed by atoms with Gasteiger partial charge < -0.3 is 14.6 Å². The van der Waals surface area contributed by atoms with Crippen LogP contribution < -0.4 is 9.47 Å². The van der Waals surface area contributed by atoms with Crippen LogP contribution in [-0.4, -0.2) is 18.0 Å². The highest BCUT2D eigenvalue weighted by atomic mass is 35.5. The summed E-state index contributed by atoms with van der Waals surface area (Å²) in [6, 6.07) is 7.86. The highest BCUT2D eigenvalue weighted by Gasteiger charge is 2.31. The fourth-order valence-corrected chi connectivity index (χ4v) is 2.60. The normalized spacial score (nSPS) is 14.9. The van der Waals surface area contributed by atoms with Gasteiger partial charge in [-0.2, -0.15) is 0 Å². The van der Waals surface area contributed by atoms with E-state index >= 15 is 0 Å². The van der Waals surface area contributed by atoms with Crippen LogP contribution in [0.1, 0.15) is 15.9 Å². The lowest BCUT2D eigenvalue weighted by Gasteiger charge is -2.04. The number of halogens is 2. The molecule has 1 aliphatic rings. The topological polar surface area (TPSA) is 55.8 Å². The molecule has 0 amide bonds. The van der Waals surface area contributed by atoms with E-state index in [0.717, 1.165) is 0 Å². The summed E-state index contributed by atoms with van der Waals surface area (Å²) in [6.07, 6.45) is 1.51. The molecule has 0 fully saturated rings. The second kappa shape index (κ2) is 5.55. The molecule has 1 aliphatic heterocycles. The second-order valence-electron chi connectivity index (χ2n) is 4.60. The quantitative estimate of drug-likeness (QED) is 0.829. The lowest BCUT2D eigenvalue weighted by molar-refractivity contribution is 0.101. The van der Waals surface area contributed by atoms with Crippen LogP contribution in [0.25, 0.3) is 6.08 Å². The first-order valence-corrected chi connectivity index (χ1v) is 7.06. The van der Waals surface area contributed by atoms with Crippen LogP contribution in [0.2, 0.25) is 10.0 Å². The SMILES string of the molecule is COc1ccc(C=C2Oc3c(Cl)ccc(Cl)c3C2=O)cc1O. The van der Waals surface area contributed by atoms with E-state index in [1.807, 2.05) is 0 Å². The van der Waals surface area contributed by atoms with Crippen molar-refractivity contribution in [1.82, 2.24) is 0 Å². The van der Waals surface area contributed by atoms with Gasteiger partial charge in [0.2, 0.25) is 5.78 Å². The zero-order chi connectivity index (χ0) is 15.9. The highest BCUT2D eigenvalue weighted by Crippen LogP contribution is 2.42. The number of rotatable bonds is 2. The molecule has 0 unspecified atom stereocenters. The first kappa shape index (κ1) is 14.8. The Morgan fingerprint density at radius 1 is 1.18 bits per heavy atom. The summed E-state index contributed by atoms with van der Waals surface area (Å²) in [4.78, 5) is 12.4. The molecule has 6 heteroatoms. The monoisotopic (exact) mass is 336 g/mol. The minimum Gasteiger partial charge on any atom is -0.504 e. The van der Waals surface area contributed by atoms with Crippen LogP contribution in [0.15, 0.2) is 36.1 Å². The number of Topliss-reactive ketones (excluding diaryl/α,β-unsaturated/α-hetero) is 1. The van der Waals surface area contributed by atoms with E-state index in [2.05, 4.69) is 0 Å². The number of hydrogen-bond donors (Lipinski definition) is 1. The maximum atomic E-state index is 12.4. The van der Waals surface area contributed by atoms with Gasteiger partial charge >= 0.3 is 0 Å². The Labute approximate surface area is 136 Å². The summed E-state index contributed by atoms with van der Waals surface area (Å²) in [7, 11) is 1.46. The van der Waals surface area contributed by atoms with Gasteiger partial charge in [-0.1, -0.05) is 29.3 Å². The summed E-state index contributed by atoms with van der Waals surface area (Å²) < 4.78 is 10.5. The van der Waals surface area contributed by atoms with Crippen molar-refractivity contribution in [1.29, 1.82) is 0 Å². The minimum atomic E-state index is -0.349. The zero-order valence-corrected chi connectivity index (χ0v) is 12.9. The predicted molar refractivity (Wildman–Crippen MR) is 84.1 cm³/mol. The van der Waals surface area contributed by atoms with Gasteiger partial charge in [-0.15, -0.1) is 0 Å². The van der Waals surface area contributed by atoms with E-state index in [1.54, 1.807) is 24.3 Å². The Bertz CT molecular complexity index is 812. The maximum Gasteiger partial charge on any atom is 0.233 e. The van der Waals surface area contributed by atoms with E-state index in [9.17, 15) is 9.90 Å². The smallest absolute Gasteiger partial charge is 0.233 e. The summed E-state index contributed by atoms with van der Waals surface area (Å²) in [5.41, 5.74) is 0.833. The number of hydrogen-bond acceptors (Lipinski definition) is 4. The third-order valence-corrected chi connectivity index (χ3v) is 3.83.